The molecule has 5 N–H and O–H groups in total. The highest BCUT2D eigenvalue weighted by Gasteiger charge is 2.12. The summed E-state index contributed by atoms with van der Waals surface area (Å²) in [4.78, 5) is 20.3. The first-order valence-electron chi connectivity index (χ1n) is 11.1. The number of hydrogen-bond donors (Lipinski definition) is 3. The minimum atomic E-state index is -0.728. The lowest BCUT2D eigenvalue weighted by molar-refractivity contribution is 0.432. The van der Waals surface area contributed by atoms with Crippen molar-refractivity contribution in [1.29, 1.82) is 0 Å². The van der Waals surface area contributed by atoms with Gasteiger partial charge in [-0.15, -0.1) is 0 Å². The zero-order chi connectivity index (χ0) is 25.8. The van der Waals surface area contributed by atoms with E-state index in [2.05, 4.69) is 9.97 Å². The minimum Gasteiger partial charge on any atom is -0.505 e. The average Bonchev–Trinajstić information content (AvgIpc) is 2.86. The lowest BCUT2D eigenvalue weighted by atomic mass is 10.1. The van der Waals surface area contributed by atoms with Crippen LogP contribution in [0.25, 0.3) is 27.6 Å². The molecule has 0 aliphatic rings. The SMILES string of the molecule is CCc1cc2cccc(Cl)c2c(=O)n1-c1ccccc1.Nc1ncc(-c2ccc(O)c(F)c2)c(N)n1. The molecule has 0 amide bonds. The predicted molar refractivity (Wildman–Crippen MR) is 142 cm³/mol. The Hall–Kier alpha value is -4.43. The van der Waals surface area contributed by atoms with Gasteiger partial charge in [-0.25, -0.2) is 9.37 Å². The molecule has 0 aliphatic heterocycles. The van der Waals surface area contributed by atoms with Crippen LogP contribution in [0, 0.1) is 5.82 Å². The number of nitrogens with two attached hydrogens (primary N) is 2. The molecule has 0 radical (unpaired) electrons. The number of anilines is 2. The van der Waals surface area contributed by atoms with E-state index in [0.717, 1.165) is 29.3 Å². The number of benzene rings is 3. The Morgan fingerprint density at radius 2 is 1.78 bits per heavy atom. The highest BCUT2D eigenvalue weighted by molar-refractivity contribution is 6.35. The van der Waals surface area contributed by atoms with Crippen molar-refractivity contribution in [3.05, 3.63) is 106 Å². The number of nitrogens with zero attached hydrogens (tertiary/aromatic N) is 3. The number of nitrogen functional groups attached to an aromatic ring is 2. The van der Waals surface area contributed by atoms with Crippen LogP contribution in [0.5, 0.6) is 5.75 Å². The third kappa shape index (κ3) is 4.99. The first-order chi connectivity index (χ1) is 17.3. The number of phenolic OH excluding ortho intramolecular Hbond substituents is 1. The summed E-state index contributed by atoms with van der Waals surface area (Å²) in [5.74, 6) is -0.925. The molecule has 0 unspecified atom stereocenters. The standard InChI is InChI=1S/C17H14ClNO.C10H9FN4O/c1-2-13-11-12-7-6-10-15(18)16(12)17(20)19(13)14-8-4-3-5-9-14;11-7-3-5(1-2-8(7)16)6-4-14-10(13)15-9(6)12/h3-11H,2H2,1H3;1-4,16H,(H4,12,13,14,15). The van der Waals surface area contributed by atoms with Crippen molar-refractivity contribution < 1.29 is 9.50 Å². The monoisotopic (exact) mass is 503 g/mol. The normalized spacial score (nSPS) is 10.6. The van der Waals surface area contributed by atoms with Crippen LogP contribution in [-0.2, 0) is 6.42 Å². The summed E-state index contributed by atoms with van der Waals surface area (Å²) in [6.07, 6.45) is 2.19. The van der Waals surface area contributed by atoms with E-state index in [1.165, 1.54) is 18.3 Å². The Kier molecular flexibility index (Phi) is 7.17. The molecule has 182 valence electrons. The van der Waals surface area contributed by atoms with Crippen LogP contribution in [0.4, 0.5) is 16.2 Å². The summed E-state index contributed by atoms with van der Waals surface area (Å²) in [7, 11) is 0. The molecule has 5 rings (SSSR count). The summed E-state index contributed by atoms with van der Waals surface area (Å²) in [5, 5.41) is 11.0. The van der Waals surface area contributed by atoms with Gasteiger partial charge in [-0.2, -0.15) is 4.98 Å². The van der Waals surface area contributed by atoms with Gasteiger partial charge in [0.25, 0.3) is 5.56 Å². The number of rotatable bonds is 3. The Morgan fingerprint density at radius 3 is 2.44 bits per heavy atom. The second-order valence-electron chi connectivity index (χ2n) is 7.86. The summed E-state index contributed by atoms with van der Waals surface area (Å²) in [6, 6.07) is 21.2. The van der Waals surface area contributed by atoms with Crippen molar-refractivity contribution in [2.45, 2.75) is 13.3 Å². The number of para-hydroxylation sites is 1. The van der Waals surface area contributed by atoms with E-state index >= 15 is 0 Å². The zero-order valence-corrected chi connectivity index (χ0v) is 20.1. The van der Waals surface area contributed by atoms with Crippen LogP contribution in [0.15, 0.2) is 83.8 Å². The van der Waals surface area contributed by atoms with Gasteiger partial charge in [-0.05, 0) is 53.8 Å². The number of aromatic hydroxyl groups is 1. The Morgan fingerprint density at radius 1 is 1.03 bits per heavy atom. The number of hydrogen-bond acceptors (Lipinski definition) is 6. The lowest BCUT2D eigenvalue weighted by Gasteiger charge is -2.14. The number of aromatic nitrogens is 3. The van der Waals surface area contributed by atoms with Crippen molar-refractivity contribution >= 4 is 34.1 Å². The molecular formula is C27H23ClFN5O2. The fourth-order valence-corrected chi connectivity index (χ4v) is 4.06. The molecular weight excluding hydrogens is 481 g/mol. The van der Waals surface area contributed by atoms with Gasteiger partial charge in [0.05, 0.1) is 10.4 Å². The minimum absolute atomic E-state index is 0.0560. The Labute approximate surface area is 211 Å². The largest absolute Gasteiger partial charge is 0.505 e. The van der Waals surface area contributed by atoms with Crippen LogP contribution in [-0.4, -0.2) is 19.6 Å². The smallest absolute Gasteiger partial charge is 0.264 e. The van der Waals surface area contributed by atoms with Crippen LogP contribution >= 0.6 is 11.6 Å². The van der Waals surface area contributed by atoms with E-state index in [1.807, 2.05) is 55.5 Å². The summed E-state index contributed by atoms with van der Waals surface area (Å²) >= 11 is 6.20. The Balaban J connectivity index is 0.000000174. The van der Waals surface area contributed by atoms with E-state index in [-0.39, 0.29) is 17.3 Å². The third-order valence-electron chi connectivity index (χ3n) is 5.54. The fourth-order valence-electron chi connectivity index (χ4n) is 3.80. The van der Waals surface area contributed by atoms with Gasteiger partial charge in [0.2, 0.25) is 5.95 Å². The number of fused-ring (bicyclic) bond motifs is 1. The number of pyridine rings is 1. The predicted octanol–water partition coefficient (Wildman–Crippen LogP) is 5.36. The van der Waals surface area contributed by atoms with Crippen molar-refractivity contribution in [2.24, 2.45) is 0 Å². The van der Waals surface area contributed by atoms with Crippen LogP contribution in [0.3, 0.4) is 0 Å². The highest BCUT2D eigenvalue weighted by atomic mass is 35.5. The van der Waals surface area contributed by atoms with E-state index < -0.39 is 11.6 Å². The van der Waals surface area contributed by atoms with E-state index in [9.17, 15) is 9.18 Å². The molecule has 0 saturated heterocycles. The molecule has 0 spiro atoms. The highest BCUT2D eigenvalue weighted by Crippen LogP contribution is 2.27. The molecule has 36 heavy (non-hydrogen) atoms. The van der Waals surface area contributed by atoms with Gasteiger partial charge in [-0.3, -0.25) is 9.36 Å². The number of phenols is 1. The van der Waals surface area contributed by atoms with Crippen molar-refractivity contribution in [2.75, 3.05) is 11.5 Å². The molecule has 0 atom stereocenters. The molecule has 2 heterocycles. The second kappa shape index (κ2) is 10.5. The van der Waals surface area contributed by atoms with Gasteiger partial charge in [0.15, 0.2) is 11.6 Å². The molecule has 0 saturated carbocycles. The van der Waals surface area contributed by atoms with E-state index in [4.69, 9.17) is 28.2 Å². The lowest BCUT2D eigenvalue weighted by Crippen LogP contribution is -2.22. The van der Waals surface area contributed by atoms with Gasteiger partial charge < -0.3 is 16.6 Å². The molecule has 0 aliphatic carbocycles. The summed E-state index contributed by atoms with van der Waals surface area (Å²) in [6.45, 7) is 2.05. The molecule has 0 fully saturated rings. The number of halogens is 2. The molecule has 2 aromatic heterocycles. The van der Waals surface area contributed by atoms with Gasteiger partial charge in [0.1, 0.15) is 5.82 Å². The van der Waals surface area contributed by atoms with Crippen molar-refractivity contribution in [3.63, 3.8) is 0 Å². The first kappa shape index (κ1) is 24.7. The molecule has 7 nitrogen and oxygen atoms in total. The van der Waals surface area contributed by atoms with Gasteiger partial charge >= 0.3 is 0 Å². The average molecular weight is 504 g/mol. The number of aryl methyl sites for hydroxylation is 1. The van der Waals surface area contributed by atoms with Crippen LogP contribution in [0.1, 0.15) is 12.6 Å². The maximum atomic E-state index is 13.1. The topological polar surface area (TPSA) is 120 Å². The van der Waals surface area contributed by atoms with Crippen LogP contribution < -0.4 is 17.0 Å². The van der Waals surface area contributed by atoms with Gasteiger partial charge in [0, 0.05) is 23.1 Å². The van der Waals surface area contributed by atoms with Crippen LogP contribution in [0.2, 0.25) is 5.02 Å². The second-order valence-corrected chi connectivity index (χ2v) is 8.27. The van der Waals surface area contributed by atoms with Crippen molar-refractivity contribution in [3.8, 4) is 22.6 Å². The third-order valence-corrected chi connectivity index (χ3v) is 5.86. The maximum Gasteiger partial charge on any atom is 0.264 e. The molecule has 3 aromatic carbocycles. The summed E-state index contributed by atoms with van der Waals surface area (Å²) < 4.78 is 14.9. The molecule has 0 bridgehead atoms. The Bertz CT molecular complexity index is 1610. The van der Waals surface area contributed by atoms with Crippen molar-refractivity contribution in [1.82, 2.24) is 14.5 Å². The van der Waals surface area contributed by atoms with E-state index in [0.29, 0.717) is 21.5 Å². The van der Waals surface area contributed by atoms with E-state index in [1.54, 1.807) is 10.6 Å². The zero-order valence-electron chi connectivity index (χ0n) is 19.3. The molecule has 9 heteroatoms. The van der Waals surface area contributed by atoms with Gasteiger partial charge in [-0.1, -0.05) is 54.9 Å². The quantitative estimate of drug-likeness (QED) is 0.305. The first-order valence-corrected chi connectivity index (χ1v) is 11.4. The maximum absolute atomic E-state index is 13.1. The fraction of sp³-hybridized carbons (Fsp3) is 0.0741. The molecule has 5 aromatic rings. The summed E-state index contributed by atoms with van der Waals surface area (Å²) in [5.41, 5.74) is 13.7.